The second kappa shape index (κ2) is 8.49. The summed E-state index contributed by atoms with van der Waals surface area (Å²) in [6, 6.07) is 4.24. The monoisotopic (exact) mass is 353 g/mol. The molecule has 0 saturated carbocycles. The Kier molecular flexibility index (Phi) is 7.24. The maximum atomic E-state index is 12.3. The third kappa shape index (κ3) is 5.49. The van der Waals surface area contributed by atoms with Gasteiger partial charge < -0.3 is 16.4 Å². The Hall–Kier alpha value is -1.59. The molecule has 0 radical (unpaired) electrons. The fourth-order valence-corrected chi connectivity index (χ4v) is 2.24. The number of benzene rings is 1. The van der Waals surface area contributed by atoms with E-state index in [0.29, 0.717) is 11.3 Å². The Morgan fingerprint density at radius 3 is 2.42 bits per heavy atom. The van der Waals surface area contributed by atoms with Gasteiger partial charge in [-0.25, -0.2) is 0 Å². The van der Waals surface area contributed by atoms with Gasteiger partial charge in [0.05, 0.1) is 16.6 Å². The van der Waals surface area contributed by atoms with Crippen molar-refractivity contribution < 1.29 is 9.59 Å². The van der Waals surface area contributed by atoms with Gasteiger partial charge in [-0.15, -0.1) is 0 Å². The van der Waals surface area contributed by atoms with Gasteiger partial charge >= 0.3 is 0 Å². The zero-order valence-electron chi connectivity index (χ0n) is 15.1. The molecule has 24 heavy (non-hydrogen) atoms. The number of amides is 2. The maximum Gasteiger partial charge on any atom is 0.253 e. The molecule has 0 spiro atoms. The zero-order chi connectivity index (χ0) is 18.5. The lowest BCUT2D eigenvalue weighted by Gasteiger charge is -2.24. The van der Waals surface area contributed by atoms with Crippen LogP contribution in [0.3, 0.4) is 0 Å². The van der Waals surface area contributed by atoms with E-state index in [0.717, 1.165) is 12.8 Å². The Bertz CT molecular complexity index is 602. The van der Waals surface area contributed by atoms with Crippen LogP contribution in [0.25, 0.3) is 0 Å². The smallest absolute Gasteiger partial charge is 0.253 e. The third-order valence-corrected chi connectivity index (χ3v) is 4.69. The summed E-state index contributed by atoms with van der Waals surface area (Å²) in [5.41, 5.74) is 6.50. The predicted octanol–water partition coefficient (Wildman–Crippen LogP) is 3.57. The Morgan fingerprint density at radius 1 is 1.29 bits per heavy atom. The molecule has 2 atom stereocenters. The molecule has 0 saturated heterocycles. The normalized spacial score (nSPS) is 14.0. The van der Waals surface area contributed by atoms with Crippen molar-refractivity contribution in [2.45, 2.75) is 59.0 Å². The lowest BCUT2D eigenvalue weighted by atomic mass is 9.99. The van der Waals surface area contributed by atoms with Crippen LogP contribution in [0.15, 0.2) is 18.2 Å². The molecule has 4 N–H and O–H groups in total. The number of nitrogens with one attached hydrogen (secondary N) is 2. The fraction of sp³-hybridized carbons (Fsp3) is 0.556. The Balaban J connectivity index is 2.85. The van der Waals surface area contributed by atoms with Crippen LogP contribution in [0, 0.1) is 5.92 Å². The Morgan fingerprint density at radius 2 is 1.92 bits per heavy atom. The molecule has 1 aromatic rings. The topological polar surface area (TPSA) is 84.2 Å². The number of nitrogens with two attached hydrogens (primary N) is 1. The van der Waals surface area contributed by atoms with Crippen LogP contribution >= 0.6 is 11.6 Å². The molecule has 0 heterocycles. The minimum Gasteiger partial charge on any atom is -0.347 e. The quantitative estimate of drug-likeness (QED) is 0.700. The van der Waals surface area contributed by atoms with Crippen molar-refractivity contribution in [1.82, 2.24) is 5.32 Å². The van der Waals surface area contributed by atoms with Crippen LogP contribution in [0.5, 0.6) is 0 Å². The molecule has 0 aromatic heterocycles. The van der Waals surface area contributed by atoms with E-state index < -0.39 is 6.04 Å². The van der Waals surface area contributed by atoms with Gasteiger partial charge in [0.2, 0.25) is 5.91 Å². The minimum absolute atomic E-state index is 0.0850. The number of carbonyl (C=O) groups is 2. The fourth-order valence-electron chi connectivity index (χ4n) is 1.98. The highest BCUT2D eigenvalue weighted by Crippen LogP contribution is 2.22. The molecule has 0 aliphatic carbocycles. The first-order chi connectivity index (χ1) is 11.1. The molecular formula is C18H28ClN3O2. The number of anilines is 1. The summed E-state index contributed by atoms with van der Waals surface area (Å²) in [5, 5.41) is 5.96. The van der Waals surface area contributed by atoms with E-state index in [2.05, 4.69) is 10.6 Å². The predicted molar refractivity (Wildman–Crippen MR) is 99.3 cm³/mol. The standard InChI is InChI=1S/C18H28ClN3O2/c1-6-11(3)15(20)17(24)21-12-8-9-13(14(19)10-12)16(23)22-18(4,5)7-2/h8-11,15H,6-7,20H2,1-5H3,(H,21,24)(H,22,23). The van der Waals surface area contributed by atoms with Crippen molar-refractivity contribution in [2.24, 2.45) is 11.7 Å². The lowest BCUT2D eigenvalue weighted by molar-refractivity contribution is -0.118. The number of halogens is 1. The molecule has 2 amide bonds. The van der Waals surface area contributed by atoms with Crippen molar-refractivity contribution in [1.29, 1.82) is 0 Å². The van der Waals surface area contributed by atoms with Crippen molar-refractivity contribution in [3.63, 3.8) is 0 Å². The SMILES string of the molecule is CCC(C)C(N)C(=O)Nc1ccc(C(=O)NC(C)(C)CC)c(Cl)c1. The second-order valence-corrected chi connectivity index (χ2v) is 7.19. The molecule has 6 heteroatoms. The van der Waals surface area contributed by atoms with Crippen molar-refractivity contribution >= 4 is 29.1 Å². The second-order valence-electron chi connectivity index (χ2n) is 6.79. The average molecular weight is 354 g/mol. The molecule has 2 unspecified atom stereocenters. The third-order valence-electron chi connectivity index (χ3n) is 4.38. The molecule has 134 valence electrons. The first-order valence-corrected chi connectivity index (χ1v) is 8.67. The van der Waals surface area contributed by atoms with Gasteiger partial charge in [0.15, 0.2) is 0 Å². The highest BCUT2D eigenvalue weighted by Gasteiger charge is 2.22. The molecule has 0 aliphatic heterocycles. The lowest BCUT2D eigenvalue weighted by Crippen LogP contribution is -2.42. The highest BCUT2D eigenvalue weighted by atomic mass is 35.5. The van der Waals surface area contributed by atoms with E-state index in [4.69, 9.17) is 17.3 Å². The van der Waals surface area contributed by atoms with Crippen LogP contribution < -0.4 is 16.4 Å². The first-order valence-electron chi connectivity index (χ1n) is 8.29. The van der Waals surface area contributed by atoms with Gasteiger partial charge in [-0.2, -0.15) is 0 Å². The molecule has 0 aliphatic rings. The van der Waals surface area contributed by atoms with E-state index in [9.17, 15) is 9.59 Å². The van der Waals surface area contributed by atoms with Gasteiger partial charge in [-0.1, -0.05) is 38.8 Å². The summed E-state index contributed by atoms with van der Waals surface area (Å²) >= 11 is 6.21. The van der Waals surface area contributed by atoms with E-state index in [1.807, 2.05) is 34.6 Å². The summed E-state index contributed by atoms with van der Waals surface area (Å²) in [6.45, 7) is 9.81. The Labute approximate surface area is 149 Å². The van der Waals surface area contributed by atoms with E-state index in [-0.39, 0.29) is 28.3 Å². The molecule has 1 rings (SSSR count). The number of carbonyl (C=O) groups excluding carboxylic acids is 2. The van der Waals surface area contributed by atoms with Crippen molar-refractivity contribution in [3.8, 4) is 0 Å². The number of hydrogen-bond acceptors (Lipinski definition) is 3. The van der Waals surface area contributed by atoms with Crippen molar-refractivity contribution in [3.05, 3.63) is 28.8 Å². The molecule has 1 aromatic carbocycles. The molecular weight excluding hydrogens is 326 g/mol. The zero-order valence-corrected chi connectivity index (χ0v) is 15.8. The van der Waals surface area contributed by atoms with Crippen LogP contribution in [-0.4, -0.2) is 23.4 Å². The van der Waals surface area contributed by atoms with Crippen LogP contribution in [-0.2, 0) is 4.79 Å². The summed E-state index contributed by atoms with van der Waals surface area (Å²) in [6.07, 6.45) is 1.62. The van der Waals surface area contributed by atoms with Gasteiger partial charge in [0.1, 0.15) is 0 Å². The van der Waals surface area contributed by atoms with E-state index >= 15 is 0 Å². The number of rotatable bonds is 7. The van der Waals surface area contributed by atoms with Gasteiger partial charge in [0, 0.05) is 11.2 Å². The van der Waals surface area contributed by atoms with Crippen LogP contribution in [0.1, 0.15) is 57.8 Å². The minimum atomic E-state index is -0.581. The molecule has 0 fully saturated rings. The number of hydrogen-bond donors (Lipinski definition) is 3. The first kappa shape index (κ1) is 20.5. The van der Waals surface area contributed by atoms with E-state index in [1.165, 1.54) is 0 Å². The summed E-state index contributed by atoms with van der Waals surface area (Å²) in [4.78, 5) is 24.4. The van der Waals surface area contributed by atoms with E-state index in [1.54, 1.807) is 18.2 Å². The van der Waals surface area contributed by atoms with Crippen molar-refractivity contribution in [2.75, 3.05) is 5.32 Å². The summed E-state index contributed by atoms with van der Waals surface area (Å²) < 4.78 is 0. The largest absolute Gasteiger partial charge is 0.347 e. The highest BCUT2D eigenvalue weighted by molar-refractivity contribution is 6.34. The van der Waals surface area contributed by atoms with Crippen LogP contribution in [0.4, 0.5) is 5.69 Å². The van der Waals surface area contributed by atoms with Crippen LogP contribution in [0.2, 0.25) is 5.02 Å². The summed E-state index contributed by atoms with van der Waals surface area (Å²) in [7, 11) is 0. The molecule has 0 bridgehead atoms. The maximum absolute atomic E-state index is 12.3. The van der Waals surface area contributed by atoms with Gasteiger partial charge in [-0.3, -0.25) is 9.59 Å². The molecule has 5 nitrogen and oxygen atoms in total. The average Bonchev–Trinajstić information content (AvgIpc) is 2.52. The summed E-state index contributed by atoms with van der Waals surface area (Å²) in [5.74, 6) is -0.410. The van der Waals surface area contributed by atoms with Gasteiger partial charge in [0.25, 0.3) is 5.91 Å². The van der Waals surface area contributed by atoms with Gasteiger partial charge in [-0.05, 0) is 44.4 Å².